The molecule has 2 saturated carbocycles. The first kappa shape index (κ1) is 16.1. The van der Waals surface area contributed by atoms with Crippen molar-refractivity contribution in [3.05, 3.63) is 12.2 Å². The highest BCUT2D eigenvalue weighted by Gasteiger charge is 2.29. The zero-order chi connectivity index (χ0) is 14.2. The molecule has 0 spiro atoms. The van der Waals surface area contributed by atoms with Crippen molar-refractivity contribution in [1.29, 1.82) is 0 Å². The Hall–Kier alpha value is -0.260. The van der Waals surface area contributed by atoms with Gasteiger partial charge in [0.25, 0.3) is 0 Å². The second-order valence-electron chi connectivity index (χ2n) is 7.43. The van der Waals surface area contributed by atoms with Gasteiger partial charge in [-0.3, -0.25) is 0 Å². The standard InChI is InChI=1S/C20H36/c1-3-5-6-7-8-18-11-15-20(16-12-18)19-13-9-17(4-2)10-14-19/h7-8,17-20H,3-6,9-16H2,1-2H3. The molecule has 0 heteroatoms. The van der Waals surface area contributed by atoms with Gasteiger partial charge in [-0.1, -0.05) is 58.1 Å². The van der Waals surface area contributed by atoms with Gasteiger partial charge < -0.3 is 0 Å². The van der Waals surface area contributed by atoms with Crippen LogP contribution in [0.2, 0.25) is 0 Å². The number of hydrogen-bond donors (Lipinski definition) is 0. The largest absolute Gasteiger partial charge is 0.0883 e. The number of allylic oxidation sites excluding steroid dienone is 2. The lowest BCUT2D eigenvalue weighted by molar-refractivity contribution is 0.154. The molecule has 0 saturated heterocycles. The van der Waals surface area contributed by atoms with E-state index in [9.17, 15) is 0 Å². The average Bonchev–Trinajstić information content (AvgIpc) is 2.52. The minimum absolute atomic E-state index is 0.912. The van der Waals surface area contributed by atoms with Crippen molar-refractivity contribution in [2.45, 2.75) is 90.9 Å². The van der Waals surface area contributed by atoms with E-state index < -0.39 is 0 Å². The normalized spacial score (nSPS) is 35.5. The Kier molecular flexibility index (Phi) is 7.17. The van der Waals surface area contributed by atoms with E-state index in [0.29, 0.717) is 0 Å². The molecule has 0 aromatic carbocycles. The van der Waals surface area contributed by atoms with Crippen LogP contribution in [0.1, 0.15) is 90.9 Å². The van der Waals surface area contributed by atoms with Gasteiger partial charge >= 0.3 is 0 Å². The SMILES string of the molecule is CCCCC=CC1CCC(C2CCC(CC)CC2)CC1. The Morgan fingerprint density at radius 2 is 1.40 bits per heavy atom. The molecule has 20 heavy (non-hydrogen) atoms. The van der Waals surface area contributed by atoms with Crippen LogP contribution in [0, 0.1) is 23.7 Å². The van der Waals surface area contributed by atoms with Crippen LogP contribution in [0.15, 0.2) is 12.2 Å². The monoisotopic (exact) mass is 276 g/mol. The van der Waals surface area contributed by atoms with Crippen molar-refractivity contribution >= 4 is 0 Å². The van der Waals surface area contributed by atoms with Gasteiger partial charge in [-0.15, -0.1) is 0 Å². The van der Waals surface area contributed by atoms with E-state index in [1.807, 2.05) is 0 Å². The topological polar surface area (TPSA) is 0 Å². The van der Waals surface area contributed by atoms with E-state index in [2.05, 4.69) is 26.0 Å². The summed E-state index contributed by atoms with van der Waals surface area (Å²) in [4.78, 5) is 0. The van der Waals surface area contributed by atoms with Crippen LogP contribution in [0.4, 0.5) is 0 Å². The third kappa shape index (κ3) is 4.93. The zero-order valence-electron chi connectivity index (χ0n) is 13.9. The summed E-state index contributed by atoms with van der Waals surface area (Å²) in [5, 5.41) is 0. The summed E-state index contributed by atoms with van der Waals surface area (Å²) in [5.41, 5.74) is 0. The highest BCUT2D eigenvalue weighted by Crippen LogP contribution is 2.42. The molecule has 0 amide bonds. The summed E-state index contributed by atoms with van der Waals surface area (Å²) in [6.07, 6.45) is 22.5. The molecule has 0 heterocycles. The molecule has 2 aliphatic carbocycles. The summed E-state index contributed by atoms with van der Waals surface area (Å²) in [6, 6.07) is 0. The maximum absolute atomic E-state index is 2.54. The number of hydrogen-bond acceptors (Lipinski definition) is 0. The van der Waals surface area contributed by atoms with Gasteiger partial charge in [0.2, 0.25) is 0 Å². The molecule has 2 rings (SSSR count). The van der Waals surface area contributed by atoms with Gasteiger partial charge in [-0.25, -0.2) is 0 Å². The molecule has 116 valence electrons. The lowest BCUT2D eigenvalue weighted by Gasteiger charge is -2.37. The fourth-order valence-corrected chi connectivity index (χ4v) is 4.49. The number of rotatable bonds is 6. The van der Waals surface area contributed by atoms with E-state index in [0.717, 1.165) is 23.7 Å². The Morgan fingerprint density at radius 3 is 1.95 bits per heavy atom. The molecule has 0 bridgehead atoms. The first-order chi connectivity index (χ1) is 9.83. The maximum atomic E-state index is 2.54. The Balaban J connectivity index is 1.65. The molecule has 2 fully saturated rings. The maximum Gasteiger partial charge on any atom is -0.0233 e. The first-order valence-electron chi connectivity index (χ1n) is 9.50. The molecule has 0 atom stereocenters. The molecule has 0 aliphatic heterocycles. The summed E-state index contributed by atoms with van der Waals surface area (Å²) in [5.74, 6) is 4.13. The smallest absolute Gasteiger partial charge is 0.0233 e. The van der Waals surface area contributed by atoms with Gasteiger partial charge in [0.1, 0.15) is 0 Å². The zero-order valence-corrected chi connectivity index (χ0v) is 13.9. The van der Waals surface area contributed by atoms with Crippen molar-refractivity contribution in [1.82, 2.24) is 0 Å². The molecule has 0 radical (unpaired) electrons. The average molecular weight is 277 g/mol. The molecule has 0 aromatic rings. The Labute approximate surface area is 127 Å². The van der Waals surface area contributed by atoms with Crippen LogP contribution < -0.4 is 0 Å². The Morgan fingerprint density at radius 1 is 0.800 bits per heavy atom. The van der Waals surface area contributed by atoms with Gasteiger partial charge in [-0.2, -0.15) is 0 Å². The van der Waals surface area contributed by atoms with E-state index in [-0.39, 0.29) is 0 Å². The third-order valence-corrected chi connectivity index (χ3v) is 6.08. The van der Waals surface area contributed by atoms with Crippen LogP contribution >= 0.6 is 0 Å². The van der Waals surface area contributed by atoms with Gasteiger partial charge in [-0.05, 0) is 68.6 Å². The van der Waals surface area contributed by atoms with E-state index in [4.69, 9.17) is 0 Å². The molecular formula is C20H36. The molecule has 0 aromatic heterocycles. The van der Waals surface area contributed by atoms with E-state index >= 15 is 0 Å². The molecule has 0 nitrogen and oxygen atoms in total. The Bertz CT molecular complexity index is 262. The highest BCUT2D eigenvalue weighted by molar-refractivity contribution is 4.92. The predicted octanol–water partition coefficient (Wildman–Crippen LogP) is 6.76. The van der Waals surface area contributed by atoms with Crippen LogP contribution in [-0.4, -0.2) is 0 Å². The summed E-state index contributed by atoms with van der Waals surface area (Å²) < 4.78 is 0. The molecule has 0 N–H and O–H groups in total. The van der Waals surface area contributed by atoms with Crippen LogP contribution in [0.3, 0.4) is 0 Å². The van der Waals surface area contributed by atoms with Crippen molar-refractivity contribution in [3.63, 3.8) is 0 Å². The van der Waals surface area contributed by atoms with E-state index in [1.165, 1.54) is 64.2 Å². The third-order valence-electron chi connectivity index (χ3n) is 6.08. The van der Waals surface area contributed by atoms with Crippen molar-refractivity contribution in [3.8, 4) is 0 Å². The highest BCUT2D eigenvalue weighted by atomic mass is 14.3. The minimum Gasteiger partial charge on any atom is -0.0883 e. The summed E-state index contributed by atoms with van der Waals surface area (Å²) >= 11 is 0. The fraction of sp³-hybridized carbons (Fsp3) is 0.900. The minimum atomic E-state index is 0.912. The molecule has 2 aliphatic rings. The summed E-state index contributed by atoms with van der Waals surface area (Å²) in [7, 11) is 0. The van der Waals surface area contributed by atoms with Crippen molar-refractivity contribution in [2.24, 2.45) is 23.7 Å². The van der Waals surface area contributed by atoms with Crippen LogP contribution in [0.25, 0.3) is 0 Å². The molecular weight excluding hydrogens is 240 g/mol. The van der Waals surface area contributed by atoms with Gasteiger partial charge in [0.15, 0.2) is 0 Å². The number of unbranched alkanes of at least 4 members (excludes halogenated alkanes) is 2. The predicted molar refractivity (Wildman–Crippen MR) is 89.9 cm³/mol. The van der Waals surface area contributed by atoms with Crippen molar-refractivity contribution < 1.29 is 0 Å². The quantitative estimate of drug-likeness (QED) is 0.371. The second-order valence-corrected chi connectivity index (χ2v) is 7.43. The lowest BCUT2D eigenvalue weighted by atomic mass is 9.69. The van der Waals surface area contributed by atoms with E-state index in [1.54, 1.807) is 12.8 Å². The first-order valence-corrected chi connectivity index (χ1v) is 9.50. The summed E-state index contributed by atoms with van der Waals surface area (Å²) in [6.45, 7) is 4.66. The fourth-order valence-electron chi connectivity index (χ4n) is 4.49. The van der Waals surface area contributed by atoms with Crippen molar-refractivity contribution in [2.75, 3.05) is 0 Å². The lowest BCUT2D eigenvalue weighted by Crippen LogP contribution is -2.25. The van der Waals surface area contributed by atoms with Crippen LogP contribution in [-0.2, 0) is 0 Å². The molecule has 0 unspecified atom stereocenters. The van der Waals surface area contributed by atoms with Gasteiger partial charge in [0.05, 0.1) is 0 Å². The van der Waals surface area contributed by atoms with Gasteiger partial charge in [0, 0.05) is 0 Å². The van der Waals surface area contributed by atoms with Crippen LogP contribution in [0.5, 0.6) is 0 Å². The second kappa shape index (κ2) is 8.90.